The van der Waals surface area contributed by atoms with E-state index in [2.05, 4.69) is 39.8 Å². The third-order valence-electron chi connectivity index (χ3n) is 3.34. The molecule has 0 aliphatic rings. The van der Waals surface area contributed by atoms with Crippen LogP contribution in [0, 0.1) is 5.41 Å². The molecule has 0 fully saturated rings. The zero-order chi connectivity index (χ0) is 9.61. The van der Waals surface area contributed by atoms with Gasteiger partial charge in [0, 0.05) is 0 Å². The van der Waals surface area contributed by atoms with Crippen molar-refractivity contribution >= 4 is 0 Å². The van der Waals surface area contributed by atoms with Crippen molar-refractivity contribution < 1.29 is 0 Å². The highest BCUT2D eigenvalue weighted by atomic mass is 15.0. The number of hydrogen-bond donors (Lipinski definition) is 0. The van der Waals surface area contributed by atoms with Gasteiger partial charge in [-0.15, -0.1) is 0 Å². The van der Waals surface area contributed by atoms with Gasteiger partial charge in [-0.1, -0.05) is 40.0 Å². The second-order valence-corrected chi connectivity index (χ2v) is 4.11. The summed E-state index contributed by atoms with van der Waals surface area (Å²) in [6.07, 6.45) is 5.33. The monoisotopic (exact) mass is 171 g/mol. The van der Waals surface area contributed by atoms with Gasteiger partial charge in [-0.3, -0.25) is 0 Å². The molecule has 0 aromatic carbocycles. The third-order valence-corrected chi connectivity index (χ3v) is 3.34. The molecule has 0 unspecified atom stereocenters. The molecule has 0 radical (unpaired) electrons. The van der Waals surface area contributed by atoms with Gasteiger partial charge in [0.15, 0.2) is 0 Å². The summed E-state index contributed by atoms with van der Waals surface area (Å²) in [5.41, 5.74) is 0.615. The zero-order valence-electron chi connectivity index (χ0n) is 9.48. The van der Waals surface area contributed by atoms with E-state index in [4.69, 9.17) is 0 Å². The van der Waals surface area contributed by atoms with Gasteiger partial charge in [-0.05, 0) is 32.5 Å². The van der Waals surface area contributed by atoms with Crippen LogP contribution in [0.25, 0.3) is 0 Å². The van der Waals surface area contributed by atoms with Gasteiger partial charge in [0.05, 0.1) is 0 Å². The molecule has 1 heteroatoms. The summed E-state index contributed by atoms with van der Waals surface area (Å²) in [5, 5.41) is 0. The molecule has 0 N–H and O–H groups in total. The van der Waals surface area contributed by atoms with E-state index in [0.717, 1.165) is 0 Å². The molecular weight excluding hydrogens is 146 g/mol. The van der Waals surface area contributed by atoms with Crippen molar-refractivity contribution in [1.82, 2.24) is 4.90 Å². The van der Waals surface area contributed by atoms with Crippen LogP contribution in [0.15, 0.2) is 0 Å². The molecule has 0 saturated heterocycles. The van der Waals surface area contributed by atoms with E-state index in [0.29, 0.717) is 5.41 Å². The van der Waals surface area contributed by atoms with Gasteiger partial charge in [-0.2, -0.15) is 0 Å². The molecule has 0 saturated carbocycles. The molecular formula is C11H25N. The summed E-state index contributed by atoms with van der Waals surface area (Å²) in [5.74, 6) is 0. The summed E-state index contributed by atoms with van der Waals surface area (Å²) >= 11 is 0. The Morgan fingerprint density at radius 1 is 0.917 bits per heavy atom. The third kappa shape index (κ3) is 3.57. The Hall–Kier alpha value is -0.0400. The first-order chi connectivity index (χ1) is 5.60. The number of nitrogens with zero attached hydrogens (tertiary/aromatic N) is 1. The van der Waals surface area contributed by atoms with E-state index in [9.17, 15) is 0 Å². The highest BCUT2D eigenvalue weighted by Crippen LogP contribution is 2.33. The molecule has 74 valence electrons. The smallest absolute Gasteiger partial charge is 0.00195 e. The van der Waals surface area contributed by atoms with Crippen LogP contribution in [0.4, 0.5) is 0 Å². The van der Waals surface area contributed by atoms with Crippen molar-refractivity contribution in [2.24, 2.45) is 5.41 Å². The minimum atomic E-state index is 0.615. The Morgan fingerprint density at radius 3 is 1.58 bits per heavy atom. The summed E-state index contributed by atoms with van der Waals surface area (Å²) in [4.78, 5) is 2.29. The molecule has 0 aliphatic heterocycles. The van der Waals surface area contributed by atoms with Gasteiger partial charge < -0.3 is 4.90 Å². The quantitative estimate of drug-likeness (QED) is 0.593. The van der Waals surface area contributed by atoms with E-state index in [1.165, 1.54) is 32.2 Å². The Balaban J connectivity index is 3.93. The van der Waals surface area contributed by atoms with E-state index < -0.39 is 0 Å². The summed E-state index contributed by atoms with van der Waals surface area (Å²) < 4.78 is 0. The number of hydrogen-bond acceptors (Lipinski definition) is 1. The minimum absolute atomic E-state index is 0.615. The molecule has 0 rings (SSSR count). The van der Waals surface area contributed by atoms with E-state index in [-0.39, 0.29) is 0 Å². The van der Waals surface area contributed by atoms with Crippen molar-refractivity contribution in [3.63, 3.8) is 0 Å². The van der Waals surface area contributed by atoms with Crippen LogP contribution in [-0.2, 0) is 0 Å². The molecule has 0 aromatic heterocycles. The lowest BCUT2D eigenvalue weighted by molar-refractivity contribution is 0.200. The summed E-state index contributed by atoms with van der Waals surface area (Å²) in [7, 11) is 4.32. The second-order valence-electron chi connectivity index (χ2n) is 4.11. The normalized spacial score (nSPS) is 12.5. The highest BCUT2D eigenvalue weighted by molar-refractivity contribution is 4.75. The first-order valence-electron chi connectivity index (χ1n) is 5.25. The maximum Gasteiger partial charge on any atom is -0.00195 e. The van der Waals surface area contributed by atoms with Crippen molar-refractivity contribution in [3.05, 3.63) is 0 Å². The molecule has 0 bridgehead atoms. The van der Waals surface area contributed by atoms with Crippen molar-refractivity contribution in [2.45, 2.75) is 46.5 Å². The zero-order valence-corrected chi connectivity index (χ0v) is 9.48. The van der Waals surface area contributed by atoms with Gasteiger partial charge in [0.2, 0.25) is 0 Å². The Kier molecular flexibility index (Phi) is 5.56. The highest BCUT2D eigenvalue weighted by Gasteiger charge is 2.23. The predicted molar refractivity (Wildman–Crippen MR) is 56.5 cm³/mol. The van der Waals surface area contributed by atoms with Crippen LogP contribution in [-0.4, -0.2) is 25.5 Å². The lowest BCUT2D eigenvalue weighted by Crippen LogP contribution is -2.25. The lowest BCUT2D eigenvalue weighted by Gasteiger charge is -2.31. The second kappa shape index (κ2) is 5.58. The Morgan fingerprint density at radius 2 is 1.33 bits per heavy atom. The summed E-state index contributed by atoms with van der Waals surface area (Å²) in [6, 6.07) is 0. The predicted octanol–water partition coefficient (Wildman–Crippen LogP) is 3.15. The SMILES string of the molecule is CCC(CC)(CC)CCN(C)C. The van der Waals surface area contributed by atoms with Crippen LogP contribution in [0.2, 0.25) is 0 Å². The van der Waals surface area contributed by atoms with Gasteiger partial charge in [0.25, 0.3) is 0 Å². The van der Waals surface area contributed by atoms with E-state index >= 15 is 0 Å². The van der Waals surface area contributed by atoms with Crippen LogP contribution in [0.1, 0.15) is 46.5 Å². The molecule has 0 aromatic rings. The molecule has 0 spiro atoms. The van der Waals surface area contributed by atoms with Gasteiger partial charge in [0.1, 0.15) is 0 Å². The minimum Gasteiger partial charge on any atom is -0.309 e. The first-order valence-corrected chi connectivity index (χ1v) is 5.25. The standard InChI is InChI=1S/C11H25N/c1-6-11(7-2,8-3)9-10-12(4)5/h6-10H2,1-5H3. The molecule has 0 heterocycles. The largest absolute Gasteiger partial charge is 0.309 e. The topological polar surface area (TPSA) is 3.24 Å². The number of rotatable bonds is 6. The van der Waals surface area contributed by atoms with Crippen LogP contribution < -0.4 is 0 Å². The lowest BCUT2D eigenvalue weighted by atomic mass is 9.77. The van der Waals surface area contributed by atoms with E-state index in [1.807, 2.05) is 0 Å². The average Bonchev–Trinajstić information content (AvgIpc) is 2.08. The maximum atomic E-state index is 2.32. The Bertz CT molecular complexity index is 95.3. The molecule has 1 nitrogen and oxygen atoms in total. The summed E-state index contributed by atoms with van der Waals surface area (Å²) in [6.45, 7) is 8.20. The fraction of sp³-hybridized carbons (Fsp3) is 1.00. The van der Waals surface area contributed by atoms with Crippen molar-refractivity contribution in [1.29, 1.82) is 0 Å². The van der Waals surface area contributed by atoms with Crippen molar-refractivity contribution in [2.75, 3.05) is 20.6 Å². The molecule has 12 heavy (non-hydrogen) atoms. The Labute approximate surface area is 78.1 Å². The average molecular weight is 171 g/mol. The fourth-order valence-corrected chi connectivity index (χ4v) is 1.74. The van der Waals surface area contributed by atoms with Crippen molar-refractivity contribution in [3.8, 4) is 0 Å². The van der Waals surface area contributed by atoms with Gasteiger partial charge in [-0.25, -0.2) is 0 Å². The van der Waals surface area contributed by atoms with Gasteiger partial charge >= 0.3 is 0 Å². The fourth-order valence-electron chi connectivity index (χ4n) is 1.74. The molecule has 0 atom stereocenters. The molecule has 0 aliphatic carbocycles. The van der Waals surface area contributed by atoms with Crippen LogP contribution in [0.5, 0.6) is 0 Å². The first kappa shape index (κ1) is 12.0. The van der Waals surface area contributed by atoms with Crippen LogP contribution in [0.3, 0.4) is 0 Å². The maximum absolute atomic E-state index is 2.32. The van der Waals surface area contributed by atoms with E-state index in [1.54, 1.807) is 0 Å². The molecule has 0 amide bonds. The van der Waals surface area contributed by atoms with Crippen LogP contribution >= 0.6 is 0 Å².